The standard InChI is InChI=1S/C23H23FN4OS/c1-14(2)28(5)13-26-20-10-16(4)21(11-15(20)3)29-23-18(12-25)22(27-30-23)17-8-6-7-9-19(17)24/h6-11,13-14H,1-5H3/b26-13-. The number of halogens is 1. The fourth-order valence-electron chi connectivity index (χ4n) is 2.69. The van der Waals surface area contributed by atoms with Gasteiger partial charge in [0.2, 0.25) is 5.06 Å². The van der Waals surface area contributed by atoms with Crippen molar-refractivity contribution >= 4 is 23.6 Å². The van der Waals surface area contributed by atoms with Gasteiger partial charge in [-0.25, -0.2) is 9.38 Å². The summed E-state index contributed by atoms with van der Waals surface area (Å²) < 4.78 is 24.5. The molecule has 0 atom stereocenters. The third-order valence-electron chi connectivity index (χ3n) is 4.79. The van der Waals surface area contributed by atoms with E-state index in [0.717, 1.165) is 28.3 Å². The summed E-state index contributed by atoms with van der Waals surface area (Å²) in [5.74, 6) is 0.190. The van der Waals surface area contributed by atoms with Crippen LogP contribution in [0.3, 0.4) is 0 Å². The minimum atomic E-state index is -0.425. The molecule has 0 radical (unpaired) electrons. The Morgan fingerprint density at radius 3 is 2.63 bits per heavy atom. The van der Waals surface area contributed by atoms with Gasteiger partial charge in [-0.15, -0.1) is 0 Å². The Kier molecular flexibility index (Phi) is 6.48. The van der Waals surface area contributed by atoms with Crippen molar-refractivity contribution in [1.82, 2.24) is 9.27 Å². The van der Waals surface area contributed by atoms with Crippen molar-refractivity contribution < 1.29 is 9.13 Å². The highest BCUT2D eigenvalue weighted by atomic mass is 32.1. The molecule has 1 heterocycles. The average Bonchev–Trinajstić information content (AvgIpc) is 3.11. The molecular formula is C23H23FN4OS. The van der Waals surface area contributed by atoms with Crippen LogP contribution in [0.2, 0.25) is 0 Å². The first-order valence-electron chi connectivity index (χ1n) is 9.51. The molecule has 0 unspecified atom stereocenters. The highest BCUT2D eigenvalue weighted by Crippen LogP contribution is 2.39. The Bertz CT molecular complexity index is 1130. The van der Waals surface area contributed by atoms with Crippen LogP contribution in [0.4, 0.5) is 10.1 Å². The molecule has 2 aromatic carbocycles. The summed E-state index contributed by atoms with van der Waals surface area (Å²) in [7, 11) is 1.98. The molecule has 0 aliphatic carbocycles. The predicted molar refractivity (Wildman–Crippen MR) is 119 cm³/mol. The first-order valence-corrected chi connectivity index (χ1v) is 10.3. The number of hydrogen-bond acceptors (Lipinski definition) is 5. The lowest BCUT2D eigenvalue weighted by Crippen LogP contribution is -2.24. The topological polar surface area (TPSA) is 61.5 Å². The van der Waals surface area contributed by atoms with E-state index < -0.39 is 5.82 Å². The van der Waals surface area contributed by atoms with Gasteiger partial charge in [0, 0.05) is 30.2 Å². The lowest BCUT2D eigenvalue weighted by molar-refractivity contribution is 0.429. The molecule has 30 heavy (non-hydrogen) atoms. The van der Waals surface area contributed by atoms with Crippen molar-refractivity contribution in [2.24, 2.45) is 4.99 Å². The number of aliphatic imine (C=N–C) groups is 1. The fraction of sp³-hybridized carbons (Fsp3) is 0.261. The van der Waals surface area contributed by atoms with Gasteiger partial charge in [0.25, 0.3) is 0 Å². The maximum Gasteiger partial charge on any atom is 0.218 e. The zero-order chi connectivity index (χ0) is 21.8. The Balaban J connectivity index is 1.92. The summed E-state index contributed by atoms with van der Waals surface area (Å²) in [5, 5.41) is 9.99. The number of aryl methyl sites for hydroxylation is 2. The molecule has 0 saturated carbocycles. The highest BCUT2D eigenvalue weighted by Gasteiger charge is 2.20. The monoisotopic (exact) mass is 422 g/mol. The molecule has 5 nitrogen and oxygen atoms in total. The van der Waals surface area contributed by atoms with Gasteiger partial charge in [0.05, 0.1) is 12.0 Å². The van der Waals surface area contributed by atoms with Gasteiger partial charge < -0.3 is 9.64 Å². The number of hydrogen-bond donors (Lipinski definition) is 0. The molecule has 3 aromatic rings. The van der Waals surface area contributed by atoms with Crippen LogP contribution < -0.4 is 4.74 Å². The van der Waals surface area contributed by atoms with Gasteiger partial charge in [-0.05, 0) is 63.1 Å². The van der Waals surface area contributed by atoms with Gasteiger partial charge in [-0.1, -0.05) is 12.1 Å². The Morgan fingerprint density at radius 2 is 1.97 bits per heavy atom. The molecule has 3 rings (SSSR count). The number of nitrogens with zero attached hydrogens (tertiary/aromatic N) is 4. The highest BCUT2D eigenvalue weighted by molar-refractivity contribution is 7.08. The van der Waals surface area contributed by atoms with Gasteiger partial charge in [0.15, 0.2) is 0 Å². The van der Waals surface area contributed by atoms with E-state index in [1.54, 1.807) is 18.2 Å². The molecular weight excluding hydrogens is 399 g/mol. The minimum absolute atomic E-state index is 0.225. The van der Waals surface area contributed by atoms with Crippen molar-refractivity contribution in [2.45, 2.75) is 33.7 Å². The van der Waals surface area contributed by atoms with E-state index in [2.05, 4.69) is 29.3 Å². The second-order valence-electron chi connectivity index (χ2n) is 7.30. The summed E-state index contributed by atoms with van der Waals surface area (Å²) in [6.07, 6.45) is 1.81. The van der Waals surface area contributed by atoms with Crippen LogP contribution in [0.15, 0.2) is 41.4 Å². The van der Waals surface area contributed by atoms with Crippen molar-refractivity contribution in [3.63, 3.8) is 0 Å². The lowest BCUT2D eigenvalue weighted by Gasteiger charge is -2.17. The Hall–Kier alpha value is -3.24. The molecule has 0 N–H and O–H groups in total. The molecule has 7 heteroatoms. The quantitative estimate of drug-likeness (QED) is 0.349. The second-order valence-corrected chi connectivity index (χ2v) is 8.03. The molecule has 154 valence electrons. The van der Waals surface area contributed by atoms with Crippen LogP contribution in [0.25, 0.3) is 11.3 Å². The molecule has 0 aliphatic heterocycles. The third kappa shape index (κ3) is 4.50. The molecule has 0 amide bonds. The molecule has 0 spiro atoms. The van der Waals surface area contributed by atoms with Crippen molar-refractivity contribution in [3.05, 3.63) is 58.9 Å². The number of ether oxygens (including phenoxy) is 1. The Labute approximate surface area is 180 Å². The molecule has 0 bridgehead atoms. The van der Waals surface area contributed by atoms with Crippen LogP contribution in [0, 0.1) is 31.0 Å². The van der Waals surface area contributed by atoms with Gasteiger partial charge in [-0.2, -0.15) is 9.64 Å². The molecule has 0 fully saturated rings. The van der Waals surface area contributed by atoms with Crippen LogP contribution in [-0.2, 0) is 0 Å². The van der Waals surface area contributed by atoms with Gasteiger partial charge in [0.1, 0.15) is 28.9 Å². The van der Waals surface area contributed by atoms with E-state index in [1.165, 1.54) is 6.07 Å². The third-order valence-corrected chi connectivity index (χ3v) is 5.52. The van der Waals surface area contributed by atoms with E-state index in [0.29, 0.717) is 22.5 Å². The van der Waals surface area contributed by atoms with E-state index in [-0.39, 0.29) is 11.1 Å². The van der Waals surface area contributed by atoms with E-state index in [1.807, 2.05) is 44.3 Å². The van der Waals surface area contributed by atoms with Gasteiger partial charge >= 0.3 is 0 Å². The zero-order valence-electron chi connectivity index (χ0n) is 17.6. The van der Waals surface area contributed by atoms with E-state index in [9.17, 15) is 9.65 Å². The number of benzene rings is 2. The predicted octanol–water partition coefficient (Wildman–Crippen LogP) is 6.23. The van der Waals surface area contributed by atoms with Crippen molar-refractivity contribution in [3.8, 4) is 28.1 Å². The largest absolute Gasteiger partial charge is 0.443 e. The fourth-order valence-corrected chi connectivity index (χ4v) is 3.41. The van der Waals surface area contributed by atoms with Gasteiger partial charge in [-0.3, -0.25) is 0 Å². The summed E-state index contributed by atoms with van der Waals surface area (Å²) in [4.78, 5) is 6.59. The van der Waals surface area contributed by atoms with E-state index in [4.69, 9.17) is 4.74 Å². The minimum Gasteiger partial charge on any atom is -0.443 e. The molecule has 1 aromatic heterocycles. The lowest BCUT2D eigenvalue weighted by atomic mass is 10.1. The number of nitriles is 1. The Morgan fingerprint density at radius 1 is 1.23 bits per heavy atom. The summed E-state index contributed by atoms with van der Waals surface area (Å²) in [6, 6.07) is 12.6. The molecule has 0 saturated heterocycles. The van der Waals surface area contributed by atoms with E-state index >= 15 is 0 Å². The number of rotatable bonds is 6. The second kappa shape index (κ2) is 9.06. The average molecular weight is 423 g/mol. The SMILES string of the molecule is Cc1cc(Oc2snc(-c3ccccc3F)c2C#N)c(C)cc1/N=C\N(C)C(C)C. The smallest absolute Gasteiger partial charge is 0.218 e. The zero-order valence-corrected chi connectivity index (χ0v) is 18.4. The molecule has 0 aliphatic rings. The van der Waals surface area contributed by atoms with Crippen LogP contribution in [-0.4, -0.2) is 28.7 Å². The van der Waals surface area contributed by atoms with Crippen LogP contribution >= 0.6 is 11.5 Å². The first-order chi connectivity index (χ1) is 14.3. The van der Waals surface area contributed by atoms with Crippen LogP contribution in [0.5, 0.6) is 10.8 Å². The maximum atomic E-state index is 14.2. The summed E-state index contributed by atoms with van der Waals surface area (Å²) in [5.41, 5.74) is 3.48. The maximum absolute atomic E-state index is 14.2. The summed E-state index contributed by atoms with van der Waals surface area (Å²) in [6.45, 7) is 8.07. The normalized spacial score (nSPS) is 11.1. The first kappa shape index (κ1) is 21.5. The van der Waals surface area contributed by atoms with Crippen molar-refractivity contribution in [2.75, 3.05) is 7.05 Å². The van der Waals surface area contributed by atoms with Crippen LogP contribution in [0.1, 0.15) is 30.5 Å². The summed E-state index contributed by atoms with van der Waals surface area (Å²) >= 11 is 1.04. The van der Waals surface area contributed by atoms with Crippen molar-refractivity contribution in [1.29, 1.82) is 5.26 Å². The number of aromatic nitrogens is 1.